The van der Waals surface area contributed by atoms with Crippen LogP contribution in [0, 0.1) is 6.92 Å². The van der Waals surface area contributed by atoms with Crippen molar-refractivity contribution in [3.63, 3.8) is 0 Å². The standard InChI is InChI=1S/C20H13Cl2N5S/c1-12-17(18(22)27(24-12)15-5-3-2-4-6-15)19-25-26-11-16(23-20(26)28-19)13-7-9-14(21)10-8-13/h2-11H,1H3. The van der Waals surface area contributed by atoms with Gasteiger partial charge in [-0.1, -0.05) is 64.9 Å². The summed E-state index contributed by atoms with van der Waals surface area (Å²) in [5.41, 5.74) is 4.41. The molecular weight excluding hydrogens is 413 g/mol. The normalized spacial score (nSPS) is 11.4. The molecule has 0 spiro atoms. The average molecular weight is 426 g/mol. The third-order valence-electron chi connectivity index (χ3n) is 4.40. The van der Waals surface area contributed by atoms with Crippen LogP contribution in [-0.2, 0) is 0 Å². The predicted molar refractivity (Wildman–Crippen MR) is 114 cm³/mol. The fourth-order valence-electron chi connectivity index (χ4n) is 3.04. The number of nitrogens with zero attached hydrogens (tertiary/aromatic N) is 5. The van der Waals surface area contributed by atoms with E-state index in [4.69, 9.17) is 23.2 Å². The molecule has 0 amide bonds. The first-order valence-corrected chi connectivity index (χ1v) is 10.1. The molecule has 0 aliphatic heterocycles. The van der Waals surface area contributed by atoms with Crippen molar-refractivity contribution in [2.24, 2.45) is 0 Å². The molecule has 5 aromatic rings. The molecule has 2 aromatic carbocycles. The van der Waals surface area contributed by atoms with Crippen LogP contribution in [0.2, 0.25) is 10.2 Å². The molecule has 0 saturated heterocycles. The Hall–Kier alpha value is -2.67. The number of halogens is 2. The lowest BCUT2D eigenvalue weighted by molar-refractivity contribution is 0.863. The lowest BCUT2D eigenvalue weighted by atomic mass is 10.2. The van der Waals surface area contributed by atoms with Gasteiger partial charge in [-0.2, -0.15) is 10.2 Å². The smallest absolute Gasteiger partial charge is 0.213 e. The average Bonchev–Trinajstić information content (AvgIpc) is 3.34. The van der Waals surface area contributed by atoms with E-state index < -0.39 is 0 Å². The summed E-state index contributed by atoms with van der Waals surface area (Å²) < 4.78 is 3.51. The minimum atomic E-state index is 0.540. The second kappa shape index (κ2) is 6.74. The van der Waals surface area contributed by atoms with Crippen molar-refractivity contribution >= 4 is 39.5 Å². The van der Waals surface area contributed by atoms with E-state index in [1.807, 2.05) is 67.7 Å². The Balaban J connectivity index is 1.56. The maximum atomic E-state index is 6.66. The quantitative estimate of drug-likeness (QED) is 0.360. The number of hydrogen-bond acceptors (Lipinski definition) is 4. The summed E-state index contributed by atoms with van der Waals surface area (Å²) in [6, 6.07) is 17.4. The number of fused-ring (bicyclic) bond motifs is 1. The van der Waals surface area contributed by atoms with Gasteiger partial charge in [0.25, 0.3) is 0 Å². The van der Waals surface area contributed by atoms with Crippen LogP contribution in [-0.4, -0.2) is 24.4 Å². The van der Waals surface area contributed by atoms with Gasteiger partial charge in [-0.25, -0.2) is 14.2 Å². The Morgan fingerprint density at radius 2 is 1.68 bits per heavy atom. The topological polar surface area (TPSA) is 48.0 Å². The van der Waals surface area contributed by atoms with E-state index in [2.05, 4.69) is 15.2 Å². The molecule has 28 heavy (non-hydrogen) atoms. The highest BCUT2D eigenvalue weighted by Gasteiger charge is 2.21. The first-order chi connectivity index (χ1) is 13.6. The molecule has 8 heteroatoms. The summed E-state index contributed by atoms with van der Waals surface area (Å²) in [4.78, 5) is 5.48. The first-order valence-electron chi connectivity index (χ1n) is 8.53. The number of aromatic nitrogens is 5. The van der Waals surface area contributed by atoms with E-state index in [-0.39, 0.29) is 0 Å². The van der Waals surface area contributed by atoms with Crippen LogP contribution in [0.25, 0.3) is 32.5 Å². The molecule has 0 unspecified atom stereocenters. The summed E-state index contributed by atoms with van der Waals surface area (Å²) in [7, 11) is 0. The van der Waals surface area contributed by atoms with Crippen molar-refractivity contribution in [2.75, 3.05) is 0 Å². The monoisotopic (exact) mass is 425 g/mol. The zero-order valence-electron chi connectivity index (χ0n) is 14.7. The highest BCUT2D eigenvalue weighted by atomic mass is 35.5. The van der Waals surface area contributed by atoms with Gasteiger partial charge in [0, 0.05) is 10.6 Å². The van der Waals surface area contributed by atoms with E-state index in [1.165, 1.54) is 11.3 Å². The van der Waals surface area contributed by atoms with Gasteiger partial charge in [-0.15, -0.1) is 0 Å². The minimum Gasteiger partial charge on any atom is -0.221 e. The molecule has 0 N–H and O–H groups in total. The molecule has 0 fully saturated rings. The summed E-state index contributed by atoms with van der Waals surface area (Å²) in [5, 5.41) is 11.3. The highest BCUT2D eigenvalue weighted by molar-refractivity contribution is 7.20. The molecular formula is C20H13Cl2N5S. The maximum Gasteiger partial charge on any atom is 0.213 e. The number of aryl methyl sites for hydroxylation is 1. The molecule has 0 atom stereocenters. The molecule has 3 heterocycles. The van der Waals surface area contributed by atoms with E-state index in [0.29, 0.717) is 10.2 Å². The molecule has 138 valence electrons. The second-order valence-electron chi connectivity index (χ2n) is 6.27. The summed E-state index contributed by atoms with van der Waals surface area (Å²) in [6.07, 6.45) is 1.91. The van der Waals surface area contributed by atoms with Gasteiger partial charge in [0.1, 0.15) is 5.15 Å². The Morgan fingerprint density at radius 1 is 0.929 bits per heavy atom. The Labute approximate surface area is 174 Å². The summed E-state index contributed by atoms with van der Waals surface area (Å²) >= 11 is 14.1. The minimum absolute atomic E-state index is 0.540. The van der Waals surface area contributed by atoms with Crippen LogP contribution < -0.4 is 0 Å². The number of benzene rings is 2. The van der Waals surface area contributed by atoms with Crippen LogP contribution in [0.1, 0.15) is 5.69 Å². The van der Waals surface area contributed by atoms with Gasteiger partial charge >= 0.3 is 0 Å². The molecule has 5 rings (SSSR count). The van der Waals surface area contributed by atoms with Crippen molar-refractivity contribution in [2.45, 2.75) is 6.92 Å². The zero-order valence-corrected chi connectivity index (χ0v) is 17.0. The number of para-hydroxylation sites is 1. The van der Waals surface area contributed by atoms with Crippen LogP contribution >= 0.6 is 34.5 Å². The van der Waals surface area contributed by atoms with Crippen molar-refractivity contribution < 1.29 is 0 Å². The Kier molecular flexibility index (Phi) is 4.19. The van der Waals surface area contributed by atoms with Crippen LogP contribution in [0.4, 0.5) is 0 Å². The van der Waals surface area contributed by atoms with Gasteiger partial charge in [0.2, 0.25) is 4.96 Å². The maximum absolute atomic E-state index is 6.66. The Bertz CT molecular complexity index is 1250. The number of rotatable bonds is 3. The molecule has 0 aliphatic carbocycles. The van der Waals surface area contributed by atoms with Crippen molar-refractivity contribution in [3.8, 4) is 27.5 Å². The van der Waals surface area contributed by atoms with E-state index >= 15 is 0 Å². The number of imidazole rings is 1. The third-order valence-corrected chi connectivity index (χ3v) is 5.94. The Morgan fingerprint density at radius 3 is 2.39 bits per heavy atom. The molecule has 5 nitrogen and oxygen atoms in total. The van der Waals surface area contributed by atoms with Gasteiger partial charge in [0.15, 0.2) is 5.01 Å². The van der Waals surface area contributed by atoms with Gasteiger partial charge in [0.05, 0.1) is 28.8 Å². The summed E-state index contributed by atoms with van der Waals surface area (Å²) in [6.45, 7) is 1.93. The highest BCUT2D eigenvalue weighted by Crippen LogP contribution is 2.36. The number of hydrogen-bond donors (Lipinski definition) is 0. The molecule has 0 radical (unpaired) electrons. The molecule has 0 aliphatic rings. The lowest BCUT2D eigenvalue weighted by Gasteiger charge is -2.02. The van der Waals surface area contributed by atoms with E-state index in [0.717, 1.165) is 38.2 Å². The zero-order chi connectivity index (χ0) is 19.3. The fourth-order valence-corrected chi connectivity index (χ4v) is 4.57. The first kappa shape index (κ1) is 17.4. The van der Waals surface area contributed by atoms with Crippen molar-refractivity contribution in [1.82, 2.24) is 24.4 Å². The van der Waals surface area contributed by atoms with E-state index in [1.54, 1.807) is 9.20 Å². The lowest BCUT2D eigenvalue weighted by Crippen LogP contribution is -1.95. The molecule has 3 aromatic heterocycles. The van der Waals surface area contributed by atoms with Crippen molar-refractivity contribution in [3.05, 3.63) is 76.7 Å². The summed E-state index contributed by atoms with van der Waals surface area (Å²) in [5.74, 6) is 0. The third kappa shape index (κ3) is 2.90. The van der Waals surface area contributed by atoms with E-state index in [9.17, 15) is 0 Å². The van der Waals surface area contributed by atoms with Gasteiger partial charge in [-0.3, -0.25) is 0 Å². The largest absolute Gasteiger partial charge is 0.221 e. The second-order valence-corrected chi connectivity index (χ2v) is 8.02. The van der Waals surface area contributed by atoms with Crippen molar-refractivity contribution in [1.29, 1.82) is 0 Å². The van der Waals surface area contributed by atoms with Crippen LogP contribution in [0.5, 0.6) is 0 Å². The van der Waals surface area contributed by atoms with Crippen LogP contribution in [0.3, 0.4) is 0 Å². The molecule has 0 saturated carbocycles. The van der Waals surface area contributed by atoms with Gasteiger partial charge < -0.3 is 0 Å². The van der Waals surface area contributed by atoms with Crippen LogP contribution in [0.15, 0.2) is 60.8 Å². The van der Waals surface area contributed by atoms with Gasteiger partial charge in [-0.05, 0) is 31.2 Å². The molecule has 0 bridgehead atoms. The SMILES string of the molecule is Cc1nn(-c2ccccc2)c(Cl)c1-c1nn2cc(-c3ccc(Cl)cc3)nc2s1. The fraction of sp³-hybridized carbons (Fsp3) is 0.0500. The predicted octanol–water partition coefficient (Wildman–Crippen LogP) is 5.93.